The van der Waals surface area contributed by atoms with Crippen LogP contribution in [-0.4, -0.2) is 36.4 Å². The molecule has 3 rings (SSSR count). The second kappa shape index (κ2) is 10.9. The predicted octanol–water partition coefficient (Wildman–Crippen LogP) is 4.20. The number of nitro groups is 1. The number of benzene rings is 3. The number of amides is 2. The van der Waals surface area contributed by atoms with E-state index in [1.165, 1.54) is 61.7 Å². The first-order valence-electron chi connectivity index (χ1n) is 9.75. The van der Waals surface area contributed by atoms with E-state index in [1.807, 2.05) is 0 Å². The van der Waals surface area contributed by atoms with Crippen LogP contribution in [0.15, 0.2) is 66.7 Å². The van der Waals surface area contributed by atoms with Gasteiger partial charge in [0.05, 0.1) is 12.0 Å². The number of nitrogens with one attached hydrogen (secondary N) is 2. The van der Waals surface area contributed by atoms with E-state index in [0.717, 1.165) is 0 Å². The normalized spacial score (nSPS) is 10.2. The third-order valence-electron chi connectivity index (χ3n) is 4.49. The summed E-state index contributed by atoms with van der Waals surface area (Å²) in [6, 6.07) is 16.1. The lowest BCUT2D eigenvalue weighted by Crippen LogP contribution is -2.30. The SMILES string of the molecule is COC(=O)CNC(=O)c1ccc(NC(=O)c2ccc(Oc3ccc(Cl)cc3[N+](=O)[O-])cc2)cc1. The summed E-state index contributed by atoms with van der Waals surface area (Å²) in [5.41, 5.74) is 0.793. The molecule has 0 fully saturated rings. The van der Waals surface area contributed by atoms with Gasteiger partial charge in [-0.25, -0.2) is 0 Å². The van der Waals surface area contributed by atoms with Gasteiger partial charge in [0.15, 0.2) is 0 Å². The topological polar surface area (TPSA) is 137 Å². The number of hydrogen-bond donors (Lipinski definition) is 2. The molecule has 0 aliphatic carbocycles. The van der Waals surface area contributed by atoms with Crippen molar-refractivity contribution in [1.82, 2.24) is 5.32 Å². The molecule has 0 radical (unpaired) electrons. The van der Waals surface area contributed by atoms with Crippen molar-refractivity contribution in [3.05, 3.63) is 93.0 Å². The van der Waals surface area contributed by atoms with Gasteiger partial charge < -0.3 is 20.1 Å². The van der Waals surface area contributed by atoms with Gasteiger partial charge in [-0.2, -0.15) is 0 Å². The molecule has 0 spiro atoms. The van der Waals surface area contributed by atoms with Gasteiger partial charge >= 0.3 is 11.7 Å². The predicted molar refractivity (Wildman–Crippen MR) is 123 cm³/mol. The summed E-state index contributed by atoms with van der Waals surface area (Å²) >= 11 is 5.80. The standard InChI is InChI=1S/C23H18ClN3O7/c1-33-21(28)13-25-22(29)14-2-7-17(8-3-14)26-23(30)15-4-9-18(10-5-15)34-20-11-6-16(24)12-19(20)27(31)32/h2-12H,13H2,1H3,(H,25,29)(H,26,30). The lowest BCUT2D eigenvalue weighted by Gasteiger charge is -2.09. The summed E-state index contributed by atoms with van der Waals surface area (Å²) < 4.78 is 10.0. The Morgan fingerprint density at radius 2 is 1.56 bits per heavy atom. The highest BCUT2D eigenvalue weighted by atomic mass is 35.5. The maximum atomic E-state index is 12.5. The van der Waals surface area contributed by atoms with E-state index >= 15 is 0 Å². The minimum Gasteiger partial charge on any atom is -0.468 e. The Labute approximate surface area is 198 Å². The number of halogens is 1. The van der Waals surface area contributed by atoms with Crippen LogP contribution < -0.4 is 15.4 Å². The molecule has 3 aromatic rings. The smallest absolute Gasteiger partial charge is 0.325 e. The number of esters is 1. The molecule has 174 valence electrons. The zero-order valence-corrected chi connectivity index (χ0v) is 18.5. The van der Waals surface area contributed by atoms with Gasteiger partial charge in [-0.1, -0.05) is 11.6 Å². The Balaban J connectivity index is 1.61. The molecule has 2 amide bonds. The van der Waals surface area contributed by atoms with Crippen molar-refractivity contribution in [1.29, 1.82) is 0 Å². The van der Waals surface area contributed by atoms with Gasteiger partial charge in [-0.15, -0.1) is 0 Å². The average molecular weight is 484 g/mol. The Hall–Kier alpha value is -4.44. The van der Waals surface area contributed by atoms with Crippen LogP contribution in [0.5, 0.6) is 11.5 Å². The third kappa shape index (κ3) is 6.30. The summed E-state index contributed by atoms with van der Waals surface area (Å²) in [6.45, 7) is -0.251. The molecular formula is C23H18ClN3O7. The number of methoxy groups -OCH3 is 1. The highest BCUT2D eigenvalue weighted by Crippen LogP contribution is 2.33. The quantitative estimate of drug-likeness (QED) is 0.278. The van der Waals surface area contributed by atoms with Crippen molar-refractivity contribution in [2.75, 3.05) is 19.0 Å². The first-order chi connectivity index (χ1) is 16.3. The van der Waals surface area contributed by atoms with Gasteiger partial charge in [-0.3, -0.25) is 24.5 Å². The Morgan fingerprint density at radius 3 is 2.18 bits per heavy atom. The number of nitro benzene ring substituents is 1. The zero-order chi connectivity index (χ0) is 24.7. The Kier molecular flexibility index (Phi) is 7.78. The molecule has 0 aliphatic heterocycles. The second-order valence-corrected chi connectivity index (χ2v) is 7.22. The molecule has 0 atom stereocenters. The molecule has 2 N–H and O–H groups in total. The number of rotatable bonds is 8. The van der Waals surface area contributed by atoms with Crippen LogP contribution in [0.1, 0.15) is 20.7 Å². The largest absolute Gasteiger partial charge is 0.468 e. The van der Waals surface area contributed by atoms with E-state index in [1.54, 1.807) is 12.1 Å². The van der Waals surface area contributed by atoms with Crippen LogP contribution in [-0.2, 0) is 9.53 Å². The van der Waals surface area contributed by atoms with Gasteiger partial charge in [0, 0.05) is 27.9 Å². The molecule has 0 saturated heterocycles. The van der Waals surface area contributed by atoms with Crippen molar-refractivity contribution in [3.63, 3.8) is 0 Å². The molecule has 0 aromatic heterocycles. The number of carbonyl (C=O) groups excluding carboxylic acids is 3. The number of ether oxygens (including phenoxy) is 2. The van der Waals surface area contributed by atoms with Crippen molar-refractivity contribution < 1.29 is 28.8 Å². The summed E-state index contributed by atoms with van der Waals surface area (Å²) in [4.78, 5) is 46.2. The van der Waals surface area contributed by atoms with E-state index in [0.29, 0.717) is 22.6 Å². The van der Waals surface area contributed by atoms with Crippen molar-refractivity contribution >= 4 is 40.8 Å². The van der Waals surface area contributed by atoms with Crippen LogP contribution in [0.4, 0.5) is 11.4 Å². The maximum absolute atomic E-state index is 12.5. The lowest BCUT2D eigenvalue weighted by atomic mass is 10.1. The minimum absolute atomic E-state index is 0.0160. The van der Waals surface area contributed by atoms with Crippen LogP contribution in [0.25, 0.3) is 0 Å². The molecule has 0 saturated carbocycles. The Bertz CT molecular complexity index is 1230. The fourth-order valence-electron chi connectivity index (χ4n) is 2.76. The number of hydrogen-bond acceptors (Lipinski definition) is 7. The second-order valence-electron chi connectivity index (χ2n) is 6.79. The van der Waals surface area contributed by atoms with E-state index in [9.17, 15) is 24.5 Å². The van der Waals surface area contributed by atoms with E-state index < -0.39 is 22.7 Å². The molecule has 34 heavy (non-hydrogen) atoms. The summed E-state index contributed by atoms with van der Waals surface area (Å²) in [6.07, 6.45) is 0. The monoisotopic (exact) mass is 483 g/mol. The van der Waals surface area contributed by atoms with Crippen LogP contribution in [0, 0.1) is 10.1 Å². The van der Waals surface area contributed by atoms with Gasteiger partial charge in [0.1, 0.15) is 12.3 Å². The highest BCUT2D eigenvalue weighted by Gasteiger charge is 2.17. The lowest BCUT2D eigenvalue weighted by molar-refractivity contribution is -0.385. The zero-order valence-electron chi connectivity index (χ0n) is 17.7. The molecule has 3 aromatic carbocycles. The minimum atomic E-state index is -0.600. The summed E-state index contributed by atoms with van der Waals surface area (Å²) in [5.74, 6) is -1.13. The fraction of sp³-hybridized carbons (Fsp3) is 0.0870. The summed E-state index contributed by atoms with van der Waals surface area (Å²) in [7, 11) is 1.22. The first kappa shape index (κ1) is 24.2. The van der Waals surface area contributed by atoms with E-state index in [4.69, 9.17) is 16.3 Å². The first-order valence-corrected chi connectivity index (χ1v) is 10.1. The Morgan fingerprint density at radius 1 is 0.941 bits per heavy atom. The molecular weight excluding hydrogens is 466 g/mol. The molecule has 0 aliphatic rings. The van der Waals surface area contributed by atoms with Crippen molar-refractivity contribution in [2.45, 2.75) is 0 Å². The molecule has 0 heterocycles. The molecule has 10 nitrogen and oxygen atoms in total. The third-order valence-corrected chi connectivity index (χ3v) is 4.72. The number of carbonyl (C=O) groups is 3. The average Bonchev–Trinajstić information content (AvgIpc) is 2.84. The van der Waals surface area contributed by atoms with Gasteiger partial charge in [-0.05, 0) is 60.7 Å². The van der Waals surface area contributed by atoms with E-state index in [-0.39, 0.29) is 23.0 Å². The number of anilines is 1. The van der Waals surface area contributed by atoms with Gasteiger partial charge in [0.2, 0.25) is 5.75 Å². The number of nitrogens with zero attached hydrogens (tertiary/aromatic N) is 1. The van der Waals surface area contributed by atoms with Gasteiger partial charge in [0.25, 0.3) is 11.8 Å². The van der Waals surface area contributed by atoms with Crippen LogP contribution in [0.2, 0.25) is 5.02 Å². The molecule has 11 heteroatoms. The highest BCUT2D eigenvalue weighted by molar-refractivity contribution is 6.30. The van der Waals surface area contributed by atoms with E-state index in [2.05, 4.69) is 15.4 Å². The van der Waals surface area contributed by atoms with Crippen LogP contribution >= 0.6 is 11.6 Å². The fourth-order valence-corrected chi connectivity index (χ4v) is 2.92. The molecule has 0 unspecified atom stereocenters. The van der Waals surface area contributed by atoms with Crippen molar-refractivity contribution in [3.8, 4) is 11.5 Å². The molecule has 0 bridgehead atoms. The summed E-state index contributed by atoms with van der Waals surface area (Å²) in [5, 5.41) is 16.5. The van der Waals surface area contributed by atoms with Crippen LogP contribution in [0.3, 0.4) is 0 Å². The maximum Gasteiger partial charge on any atom is 0.325 e. The van der Waals surface area contributed by atoms with Crippen molar-refractivity contribution in [2.24, 2.45) is 0 Å².